The molecule has 0 aliphatic rings. The summed E-state index contributed by atoms with van der Waals surface area (Å²) in [5.74, 6) is 0.555. The third-order valence-corrected chi connectivity index (χ3v) is 4.53. The molecule has 2 rings (SSSR count). The van der Waals surface area contributed by atoms with E-state index in [9.17, 15) is 4.79 Å². The van der Waals surface area contributed by atoms with Crippen LogP contribution in [-0.4, -0.2) is 19.6 Å². The first-order chi connectivity index (χ1) is 10.5. The zero-order valence-electron chi connectivity index (χ0n) is 13.0. The van der Waals surface area contributed by atoms with E-state index in [2.05, 4.69) is 23.7 Å². The van der Waals surface area contributed by atoms with Crippen molar-refractivity contribution in [2.24, 2.45) is 5.92 Å². The smallest absolute Gasteiger partial charge is 0.255 e. The molecule has 126 valence electrons. The Labute approximate surface area is 151 Å². The fourth-order valence-electron chi connectivity index (χ4n) is 2.12. The van der Waals surface area contributed by atoms with E-state index in [4.69, 9.17) is 22.1 Å². The number of hydrogen-bond acceptors (Lipinski definition) is 4. The lowest BCUT2D eigenvalue weighted by Gasteiger charge is -2.14. The van der Waals surface area contributed by atoms with Gasteiger partial charge in [0, 0.05) is 17.5 Å². The van der Waals surface area contributed by atoms with Gasteiger partial charge in [-0.2, -0.15) is 0 Å². The summed E-state index contributed by atoms with van der Waals surface area (Å²) in [6.45, 7) is 2.69. The van der Waals surface area contributed by atoms with Crippen molar-refractivity contribution in [1.82, 2.24) is 5.32 Å². The Morgan fingerprint density at radius 2 is 2.22 bits per heavy atom. The van der Waals surface area contributed by atoms with Gasteiger partial charge < -0.3 is 15.8 Å². The second kappa shape index (κ2) is 9.01. The summed E-state index contributed by atoms with van der Waals surface area (Å²) >= 11 is 7.71. The van der Waals surface area contributed by atoms with Crippen molar-refractivity contribution in [1.29, 1.82) is 0 Å². The number of nitrogens with two attached hydrogens (primary N) is 1. The Balaban J connectivity index is 0.00000264. The fraction of sp³-hybridized carbons (Fsp3) is 0.312. The molecule has 0 aliphatic carbocycles. The highest BCUT2D eigenvalue weighted by Gasteiger charge is 2.16. The van der Waals surface area contributed by atoms with Gasteiger partial charge in [-0.25, -0.2) is 0 Å². The molecule has 0 saturated heterocycles. The topological polar surface area (TPSA) is 64.3 Å². The predicted octanol–water partition coefficient (Wildman–Crippen LogP) is 4.02. The number of carbonyl (C=O) groups is 1. The first-order valence-corrected chi connectivity index (χ1v) is 8.20. The molecule has 4 nitrogen and oxygen atoms in total. The minimum absolute atomic E-state index is 0. The van der Waals surface area contributed by atoms with Crippen LogP contribution in [-0.2, 0) is 6.42 Å². The third-order valence-electron chi connectivity index (χ3n) is 3.30. The molecule has 0 aliphatic heterocycles. The lowest BCUT2D eigenvalue weighted by Crippen LogP contribution is -2.29. The van der Waals surface area contributed by atoms with E-state index in [0.29, 0.717) is 34.5 Å². The van der Waals surface area contributed by atoms with Crippen LogP contribution >= 0.6 is 35.3 Å². The summed E-state index contributed by atoms with van der Waals surface area (Å²) in [5.41, 5.74) is 6.50. The van der Waals surface area contributed by atoms with E-state index >= 15 is 0 Å². The van der Waals surface area contributed by atoms with Gasteiger partial charge in [-0.05, 0) is 29.9 Å². The number of rotatable bonds is 6. The summed E-state index contributed by atoms with van der Waals surface area (Å²) in [6, 6.07) is 7.24. The summed E-state index contributed by atoms with van der Waals surface area (Å²) in [7, 11) is 1.50. The van der Waals surface area contributed by atoms with Crippen molar-refractivity contribution in [3.05, 3.63) is 45.1 Å². The maximum atomic E-state index is 12.3. The zero-order valence-corrected chi connectivity index (χ0v) is 15.4. The Morgan fingerprint density at radius 1 is 1.48 bits per heavy atom. The molecule has 23 heavy (non-hydrogen) atoms. The monoisotopic (exact) mass is 374 g/mol. The molecule has 1 heterocycles. The van der Waals surface area contributed by atoms with E-state index in [1.54, 1.807) is 17.4 Å². The number of carbonyl (C=O) groups excluding carboxylic acids is 1. The molecule has 1 atom stereocenters. The van der Waals surface area contributed by atoms with E-state index in [-0.39, 0.29) is 18.3 Å². The SMILES string of the molecule is COc1cc(N)c(Cl)cc1C(=O)NCC(C)Cc1cccs1.Cl. The largest absolute Gasteiger partial charge is 0.496 e. The van der Waals surface area contributed by atoms with Crippen molar-refractivity contribution < 1.29 is 9.53 Å². The van der Waals surface area contributed by atoms with Crippen LogP contribution < -0.4 is 15.8 Å². The van der Waals surface area contributed by atoms with Crippen LogP contribution in [0, 0.1) is 5.92 Å². The molecular formula is C16H20Cl2N2O2S. The highest BCUT2D eigenvalue weighted by Crippen LogP contribution is 2.28. The van der Waals surface area contributed by atoms with Gasteiger partial charge in [-0.3, -0.25) is 4.79 Å². The normalized spacial score (nSPS) is 11.4. The molecule has 0 radical (unpaired) electrons. The molecule has 0 spiro atoms. The second-order valence-electron chi connectivity index (χ2n) is 5.17. The van der Waals surface area contributed by atoms with E-state index in [1.165, 1.54) is 18.1 Å². The number of amides is 1. The van der Waals surface area contributed by atoms with E-state index in [0.717, 1.165) is 6.42 Å². The van der Waals surface area contributed by atoms with Crippen LogP contribution in [0.15, 0.2) is 29.6 Å². The third kappa shape index (κ3) is 5.30. The van der Waals surface area contributed by atoms with Crippen molar-refractivity contribution >= 4 is 46.9 Å². The standard InChI is InChI=1S/C16H19ClN2O2S.ClH/c1-10(6-11-4-3-5-22-11)9-19-16(20)12-7-13(17)14(18)8-15(12)21-2;/h3-5,7-8,10H,6,9,18H2,1-2H3,(H,19,20);1H. The number of benzene rings is 1. The maximum Gasteiger partial charge on any atom is 0.255 e. The van der Waals surface area contributed by atoms with Crippen molar-refractivity contribution in [2.75, 3.05) is 19.4 Å². The van der Waals surface area contributed by atoms with Gasteiger partial charge in [0.25, 0.3) is 5.91 Å². The number of thiophene rings is 1. The minimum atomic E-state index is -0.211. The first kappa shape index (κ1) is 19.6. The summed E-state index contributed by atoms with van der Waals surface area (Å²) in [4.78, 5) is 13.6. The molecular weight excluding hydrogens is 355 g/mol. The van der Waals surface area contributed by atoms with Crippen LogP contribution in [0.2, 0.25) is 5.02 Å². The number of halogens is 2. The number of anilines is 1. The highest BCUT2D eigenvalue weighted by molar-refractivity contribution is 7.09. The minimum Gasteiger partial charge on any atom is -0.496 e. The van der Waals surface area contributed by atoms with E-state index in [1.807, 2.05) is 6.07 Å². The van der Waals surface area contributed by atoms with Gasteiger partial charge in [-0.15, -0.1) is 23.7 Å². The van der Waals surface area contributed by atoms with Crippen molar-refractivity contribution in [3.63, 3.8) is 0 Å². The summed E-state index contributed by atoms with van der Waals surface area (Å²) in [6.07, 6.45) is 0.942. The van der Waals surface area contributed by atoms with Gasteiger partial charge >= 0.3 is 0 Å². The lowest BCUT2D eigenvalue weighted by atomic mass is 10.1. The molecule has 1 unspecified atom stereocenters. The fourth-order valence-corrected chi connectivity index (χ4v) is 3.16. The van der Waals surface area contributed by atoms with Crippen LogP contribution in [0.25, 0.3) is 0 Å². The van der Waals surface area contributed by atoms with Crippen LogP contribution in [0.5, 0.6) is 5.75 Å². The zero-order chi connectivity index (χ0) is 16.1. The first-order valence-electron chi connectivity index (χ1n) is 6.94. The molecule has 1 aromatic heterocycles. The van der Waals surface area contributed by atoms with Gasteiger partial charge in [0.1, 0.15) is 5.75 Å². The number of nitrogen functional groups attached to an aromatic ring is 1. The Bertz CT molecular complexity index is 648. The average Bonchev–Trinajstić information content (AvgIpc) is 3.00. The molecule has 1 aromatic carbocycles. The van der Waals surface area contributed by atoms with Gasteiger partial charge in [0.05, 0.1) is 23.4 Å². The molecule has 0 saturated carbocycles. The van der Waals surface area contributed by atoms with Gasteiger partial charge in [-0.1, -0.05) is 24.6 Å². The Kier molecular flexibility index (Phi) is 7.68. The van der Waals surface area contributed by atoms with Gasteiger partial charge in [0.2, 0.25) is 0 Å². The number of hydrogen-bond donors (Lipinski definition) is 2. The molecule has 1 amide bonds. The number of nitrogens with one attached hydrogen (secondary N) is 1. The van der Waals surface area contributed by atoms with Crippen molar-refractivity contribution in [2.45, 2.75) is 13.3 Å². The molecule has 0 bridgehead atoms. The quantitative estimate of drug-likeness (QED) is 0.750. The van der Waals surface area contributed by atoms with Crippen LogP contribution in [0.1, 0.15) is 22.2 Å². The van der Waals surface area contributed by atoms with E-state index < -0.39 is 0 Å². The number of ether oxygens (including phenoxy) is 1. The Hall–Kier alpha value is -1.43. The predicted molar refractivity (Wildman–Crippen MR) is 99.2 cm³/mol. The Morgan fingerprint density at radius 3 is 2.83 bits per heavy atom. The van der Waals surface area contributed by atoms with Crippen LogP contribution in [0.4, 0.5) is 5.69 Å². The average molecular weight is 375 g/mol. The lowest BCUT2D eigenvalue weighted by molar-refractivity contribution is 0.0945. The molecule has 2 aromatic rings. The van der Waals surface area contributed by atoms with Crippen LogP contribution in [0.3, 0.4) is 0 Å². The highest BCUT2D eigenvalue weighted by atomic mass is 35.5. The molecule has 7 heteroatoms. The summed E-state index contributed by atoms with van der Waals surface area (Å²) < 4.78 is 5.20. The van der Waals surface area contributed by atoms with Crippen molar-refractivity contribution in [3.8, 4) is 5.75 Å². The summed E-state index contributed by atoms with van der Waals surface area (Å²) in [5, 5.41) is 5.32. The van der Waals surface area contributed by atoms with Gasteiger partial charge in [0.15, 0.2) is 0 Å². The second-order valence-corrected chi connectivity index (χ2v) is 6.61. The molecule has 3 N–H and O–H groups in total. The molecule has 0 fully saturated rings. The number of methoxy groups -OCH3 is 1. The maximum absolute atomic E-state index is 12.3.